The van der Waals surface area contributed by atoms with Gasteiger partial charge in [-0.3, -0.25) is 9.59 Å². The molecule has 0 radical (unpaired) electrons. The topological polar surface area (TPSA) is 56.5 Å². The molecule has 0 amide bonds. The second-order valence-electron chi connectivity index (χ2n) is 5.00. The van der Waals surface area contributed by atoms with Crippen molar-refractivity contribution in [1.82, 2.24) is 0 Å². The third-order valence-corrected chi connectivity index (χ3v) is 3.73. The smallest absolute Gasteiger partial charge is 0.302 e. The largest absolute Gasteiger partial charge is 0.461 e. The summed E-state index contributed by atoms with van der Waals surface area (Å²) in [7, 11) is 0. The van der Waals surface area contributed by atoms with E-state index in [-0.39, 0.29) is 18.2 Å². The van der Waals surface area contributed by atoms with Crippen LogP contribution in [-0.2, 0) is 16.1 Å². The molecular formula is C18H13ClO4. The van der Waals surface area contributed by atoms with Gasteiger partial charge in [0.25, 0.3) is 0 Å². The van der Waals surface area contributed by atoms with E-state index in [2.05, 4.69) is 0 Å². The Morgan fingerprint density at radius 2 is 1.83 bits per heavy atom. The van der Waals surface area contributed by atoms with Crippen molar-refractivity contribution < 1.29 is 18.7 Å². The van der Waals surface area contributed by atoms with E-state index in [4.69, 9.17) is 20.8 Å². The molecular weight excluding hydrogens is 316 g/mol. The zero-order chi connectivity index (χ0) is 16.4. The van der Waals surface area contributed by atoms with Crippen LogP contribution >= 0.6 is 11.6 Å². The molecule has 2 aromatic carbocycles. The summed E-state index contributed by atoms with van der Waals surface area (Å²) in [5.41, 5.74) is 1.42. The van der Waals surface area contributed by atoms with Gasteiger partial charge in [0.1, 0.15) is 6.61 Å². The van der Waals surface area contributed by atoms with Gasteiger partial charge in [0, 0.05) is 23.4 Å². The molecule has 3 aromatic rings. The number of ether oxygens (including phenoxy) is 1. The number of carbonyl (C=O) groups is 2. The summed E-state index contributed by atoms with van der Waals surface area (Å²) in [6, 6.07) is 14.0. The predicted octanol–water partition coefficient (Wildman–Crippen LogP) is 4.38. The number of halogens is 1. The third-order valence-electron chi connectivity index (χ3n) is 3.43. The molecule has 4 nitrogen and oxygen atoms in total. The van der Waals surface area contributed by atoms with Gasteiger partial charge in [0.2, 0.25) is 5.78 Å². The van der Waals surface area contributed by atoms with Gasteiger partial charge in [-0.2, -0.15) is 0 Å². The Kier molecular flexibility index (Phi) is 4.17. The lowest BCUT2D eigenvalue weighted by Crippen LogP contribution is -2.06. The van der Waals surface area contributed by atoms with Crippen LogP contribution in [0.4, 0.5) is 0 Å². The maximum Gasteiger partial charge on any atom is 0.302 e. The van der Waals surface area contributed by atoms with Crippen molar-refractivity contribution in [2.45, 2.75) is 13.5 Å². The number of furan rings is 1. The summed E-state index contributed by atoms with van der Waals surface area (Å²) in [5, 5.41) is 1.07. The predicted molar refractivity (Wildman–Crippen MR) is 86.6 cm³/mol. The molecule has 0 fully saturated rings. The molecule has 3 rings (SSSR count). The molecule has 116 valence electrons. The molecule has 23 heavy (non-hydrogen) atoms. The van der Waals surface area contributed by atoms with Crippen molar-refractivity contribution in [3.05, 3.63) is 70.4 Å². The maximum atomic E-state index is 12.7. The van der Waals surface area contributed by atoms with Crippen LogP contribution in [0.1, 0.15) is 28.6 Å². The lowest BCUT2D eigenvalue weighted by Gasteiger charge is -2.03. The van der Waals surface area contributed by atoms with Gasteiger partial charge in [-0.05, 0) is 6.07 Å². The molecule has 0 saturated carbocycles. The summed E-state index contributed by atoms with van der Waals surface area (Å²) < 4.78 is 10.8. The highest BCUT2D eigenvalue weighted by molar-refractivity contribution is 6.35. The van der Waals surface area contributed by atoms with E-state index in [9.17, 15) is 9.59 Å². The molecule has 0 spiro atoms. The van der Waals surface area contributed by atoms with Gasteiger partial charge in [0.15, 0.2) is 11.3 Å². The first kappa shape index (κ1) is 15.3. The molecule has 0 aliphatic heterocycles. The standard InChI is InChI=1S/C18H13ClO4/c1-11(20)22-10-14-13-8-5-9-15(19)17(13)23-18(14)16(21)12-6-3-2-4-7-12/h2-9H,10H2,1H3. The number of rotatable bonds is 4. The van der Waals surface area contributed by atoms with E-state index in [1.807, 2.05) is 6.07 Å². The van der Waals surface area contributed by atoms with Crippen LogP contribution in [0.15, 0.2) is 52.9 Å². The van der Waals surface area contributed by atoms with Gasteiger partial charge in [-0.15, -0.1) is 0 Å². The quantitative estimate of drug-likeness (QED) is 0.527. The minimum Gasteiger partial charge on any atom is -0.461 e. The van der Waals surface area contributed by atoms with Crippen LogP contribution in [0, 0.1) is 0 Å². The summed E-state index contributed by atoms with van der Waals surface area (Å²) in [4.78, 5) is 23.8. The van der Waals surface area contributed by atoms with E-state index >= 15 is 0 Å². The van der Waals surface area contributed by atoms with Crippen molar-refractivity contribution in [1.29, 1.82) is 0 Å². The van der Waals surface area contributed by atoms with Crippen molar-refractivity contribution in [2.75, 3.05) is 0 Å². The monoisotopic (exact) mass is 328 g/mol. The van der Waals surface area contributed by atoms with Gasteiger partial charge in [-0.25, -0.2) is 0 Å². The molecule has 0 N–H and O–H groups in total. The number of carbonyl (C=O) groups excluding carboxylic acids is 2. The number of benzene rings is 2. The molecule has 0 unspecified atom stereocenters. The number of para-hydroxylation sites is 1. The lowest BCUT2D eigenvalue weighted by atomic mass is 10.0. The Bertz CT molecular complexity index is 881. The Hall–Kier alpha value is -2.59. The van der Waals surface area contributed by atoms with Crippen LogP contribution < -0.4 is 0 Å². The average molecular weight is 329 g/mol. The number of hydrogen-bond donors (Lipinski definition) is 0. The Labute approximate surface area is 137 Å². The minimum absolute atomic E-state index is 0.0451. The fourth-order valence-corrected chi connectivity index (χ4v) is 2.57. The Morgan fingerprint density at radius 1 is 1.09 bits per heavy atom. The van der Waals surface area contributed by atoms with E-state index in [0.717, 1.165) is 0 Å². The molecule has 0 aliphatic carbocycles. The van der Waals surface area contributed by atoms with Gasteiger partial charge >= 0.3 is 5.97 Å². The number of hydrogen-bond acceptors (Lipinski definition) is 4. The summed E-state index contributed by atoms with van der Waals surface area (Å²) in [6.45, 7) is 1.27. The molecule has 1 aromatic heterocycles. The first-order valence-corrected chi connectivity index (χ1v) is 7.38. The average Bonchev–Trinajstić information content (AvgIpc) is 2.93. The normalized spacial score (nSPS) is 10.7. The molecule has 1 heterocycles. The lowest BCUT2D eigenvalue weighted by molar-refractivity contribution is -0.142. The SMILES string of the molecule is CC(=O)OCc1c(C(=O)c2ccccc2)oc2c(Cl)cccc12. The fraction of sp³-hybridized carbons (Fsp3) is 0.111. The van der Waals surface area contributed by atoms with Gasteiger partial charge in [0.05, 0.1) is 5.02 Å². The van der Waals surface area contributed by atoms with Crippen LogP contribution in [0.25, 0.3) is 11.0 Å². The van der Waals surface area contributed by atoms with E-state index in [1.54, 1.807) is 42.5 Å². The van der Waals surface area contributed by atoms with Crippen molar-refractivity contribution >= 4 is 34.3 Å². The fourth-order valence-electron chi connectivity index (χ4n) is 2.36. The molecule has 5 heteroatoms. The first-order chi connectivity index (χ1) is 11.1. The summed E-state index contributed by atoms with van der Waals surface area (Å²) in [5.74, 6) is -0.569. The zero-order valence-corrected chi connectivity index (χ0v) is 13.1. The second-order valence-corrected chi connectivity index (χ2v) is 5.41. The number of esters is 1. The third kappa shape index (κ3) is 2.98. The summed E-state index contributed by atoms with van der Waals surface area (Å²) in [6.07, 6.45) is 0. The van der Waals surface area contributed by atoms with Crippen LogP contribution in [0.2, 0.25) is 5.02 Å². The van der Waals surface area contributed by atoms with Crippen molar-refractivity contribution in [2.24, 2.45) is 0 Å². The van der Waals surface area contributed by atoms with E-state index < -0.39 is 5.97 Å². The highest BCUT2D eigenvalue weighted by atomic mass is 35.5. The molecule has 0 saturated heterocycles. The van der Waals surface area contributed by atoms with Gasteiger partial charge < -0.3 is 9.15 Å². The zero-order valence-electron chi connectivity index (χ0n) is 12.3. The first-order valence-electron chi connectivity index (χ1n) is 7.01. The molecule has 0 atom stereocenters. The Balaban J connectivity index is 2.14. The summed E-state index contributed by atoms with van der Waals surface area (Å²) >= 11 is 6.14. The van der Waals surface area contributed by atoms with Gasteiger partial charge in [-0.1, -0.05) is 54.1 Å². The number of fused-ring (bicyclic) bond motifs is 1. The highest BCUT2D eigenvalue weighted by Crippen LogP contribution is 2.33. The molecule has 0 bridgehead atoms. The van der Waals surface area contributed by atoms with Crippen LogP contribution in [0.5, 0.6) is 0 Å². The van der Waals surface area contributed by atoms with Crippen LogP contribution in [-0.4, -0.2) is 11.8 Å². The Morgan fingerprint density at radius 3 is 2.52 bits per heavy atom. The van der Waals surface area contributed by atoms with E-state index in [0.29, 0.717) is 27.1 Å². The maximum absolute atomic E-state index is 12.7. The van der Waals surface area contributed by atoms with E-state index in [1.165, 1.54) is 6.92 Å². The second kappa shape index (κ2) is 6.26. The van der Waals surface area contributed by atoms with Crippen LogP contribution in [0.3, 0.4) is 0 Å². The molecule has 0 aliphatic rings. The highest BCUT2D eigenvalue weighted by Gasteiger charge is 2.23. The van der Waals surface area contributed by atoms with Crippen molar-refractivity contribution in [3.8, 4) is 0 Å². The minimum atomic E-state index is -0.431. The number of ketones is 1. The van der Waals surface area contributed by atoms with Crippen molar-refractivity contribution in [3.63, 3.8) is 0 Å².